The predicted molar refractivity (Wildman–Crippen MR) is 73.4 cm³/mol. The highest BCUT2D eigenvalue weighted by molar-refractivity contribution is 5.79. The van der Waals surface area contributed by atoms with Crippen molar-refractivity contribution in [3.63, 3.8) is 0 Å². The predicted octanol–water partition coefficient (Wildman–Crippen LogP) is 1.77. The third-order valence-corrected chi connectivity index (χ3v) is 3.54. The number of rotatable bonds is 4. The molecule has 2 rings (SSSR count). The third kappa shape index (κ3) is 4.18. The summed E-state index contributed by atoms with van der Waals surface area (Å²) in [6.45, 7) is 2.50. The first-order chi connectivity index (χ1) is 9.95. The number of piperidine rings is 1. The molecule has 5 nitrogen and oxygen atoms in total. The highest BCUT2D eigenvalue weighted by Crippen LogP contribution is 2.22. The van der Waals surface area contributed by atoms with Gasteiger partial charge in [0.25, 0.3) is 5.91 Å². The van der Waals surface area contributed by atoms with E-state index in [2.05, 4.69) is 0 Å². The van der Waals surface area contributed by atoms with Gasteiger partial charge in [-0.15, -0.1) is 0 Å². The lowest BCUT2D eigenvalue weighted by Crippen LogP contribution is -2.47. The molecule has 21 heavy (non-hydrogen) atoms. The largest absolute Gasteiger partial charge is 0.484 e. The highest BCUT2D eigenvalue weighted by Gasteiger charge is 2.31. The quantitative estimate of drug-likeness (QED) is 0.919. The van der Waals surface area contributed by atoms with Crippen LogP contribution in [0.1, 0.15) is 13.3 Å². The molecule has 0 radical (unpaired) electrons. The molecule has 2 unspecified atom stereocenters. The Balaban J connectivity index is 1.90. The van der Waals surface area contributed by atoms with Gasteiger partial charge in [-0.05, 0) is 36.6 Å². The van der Waals surface area contributed by atoms with Crippen LogP contribution in [-0.2, 0) is 9.59 Å². The molecule has 1 aliphatic heterocycles. The van der Waals surface area contributed by atoms with Gasteiger partial charge in [0.15, 0.2) is 6.61 Å². The summed E-state index contributed by atoms with van der Waals surface area (Å²) in [6.07, 6.45) is 0.581. The molecule has 0 bridgehead atoms. The van der Waals surface area contributed by atoms with E-state index in [4.69, 9.17) is 9.84 Å². The Labute approximate surface area is 122 Å². The lowest BCUT2D eigenvalue weighted by molar-refractivity contribution is -0.147. The van der Waals surface area contributed by atoms with Crippen LogP contribution in [0.2, 0.25) is 0 Å². The fraction of sp³-hybridized carbons (Fsp3) is 0.467. The van der Waals surface area contributed by atoms with Crippen LogP contribution in [0.5, 0.6) is 5.75 Å². The van der Waals surface area contributed by atoms with Crippen LogP contribution in [-0.4, -0.2) is 41.6 Å². The normalized spacial score (nSPS) is 21.9. The second kappa shape index (κ2) is 6.56. The highest BCUT2D eigenvalue weighted by atomic mass is 19.1. The maximum atomic E-state index is 12.8. The molecular formula is C15H18FNO4. The second-order valence-corrected chi connectivity index (χ2v) is 5.42. The Kier molecular flexibility index (Phi) is 4.77. The van der Waals surface area contributed by atoms with Gasteiger partial charge in [0.05, 0.1) is 5.92 Å². The van der Waals surface area contributed by atoms with Crippen molar-refractivity contribution in [3.8, 4) is 5.75 Å². The van der Waals surface area contributed by atoms with Crippen molar-refractivity contribution < 1.29 is 23.8 Å². The molecule has 1 heterocycles. The van der Waals surface area contributed by atoms with Gasteiger partial charge in [-0.3, -0.25) is 9.59 Å². The van der Waals surface area contributed by atoms with Crippen molar-refractivity contribution in [1.82, 2.24) is 4.90 Å². The molecule has 114 valence electrons. The van der Waals surface area contributed by atoms with Crippen molar-refractivity contribution in [1.29, 1.82) is 0 Å². The van der Waals surface area contributed by atoms with Crippen molar-refractivity contribution in [2.24, 2.45) is 11.8 Å². The Morgan fingerprint density at radius 3 is 2.62 bits per heavy atom. The van der Waals surface area contributed by atoms with Crippen LogP contribution in [0.4, 0.5) is 4.39 Å². The minimum absolute atomic E-state index is 0.148. The molecule has 1 aromatic rings. The molecule has 0 aromatic heterocycles. The maximum absolute atomic E-state index is 12.8. The van der Waals surface area contributed by atoms with E-state index in [-0.39, 0.29) is 30.8 Å². The summed E-state index contributed by atoms with van der Waals surface area (Å²) in [7, 11) is 0. The molecule has 1 aliphatic rings. The van der Waals surface area contributed by atoms with E-state index in [9.17, 15) is 14.0 Å². The van der Waals surface area contributed by atoms with Gasteiger partial charge >= 0.3 is 5.97 Å². The van der Waals surface area contributed by atoms with Crippen LogP contribution < -0.4 is 4.74 Å². The van der Waals surface area contributed by atoms with Gasteiger partial charge in [0.1, 0.15) is 11.6 Å². The summed E-state index contributed by atoms with van der Waals surface area (Å²) in [6, 6.07) is 5.40. The molecule has 1 amide bonds. The first-order valence-corrected chi connectivity index (χ1v) is 6.84. The van der Waals surface area contributed by atoms with Crippen LogP contribution in [0.25, 0.3) is 0 Å². The summed E-state index contributed by atoms with van der Waals surface area (Å²) in [5, 5.41) is 9.08. The number of benzene rings is 1. The summed E-state index contributed by atoms with van der Waals surface area (Å²) in [5.41, 5.74) is 0. The lowest BCUT2D eigenvalue weighted by Gasteiger charge is -2.34. The average molecular weight is 295 g/mol. The zero-order chi connectivity index (χ0) is 15.4. The first kappa shape index (κ1) is 15.3. The Morgan fingerprint density at radius 1 is 1.33 bits per heavy atom. The number of amides is 1. The lowest BCUT2D eigenvalue weighted by atomic mass is 9.90. The molecule has 2 atom stereocenters. The first-order valence-electron chi connectivity index (χ1n) is 6.84. The minimum atomic E-state index is -0.876. The third-order valence-electron chi connectivity index (χ3n) is 3.54. The number of halogens is 1. The molecule has 1 fully saturated rings. The smallest absolute Gasteiger partial charge is 0.308 e. The number of hydrogen-bond acceptors (Lipinski definition) is 3. The van der Waals surface area contributed by atoms with E-state index in [0.717, 1.165) is 0 Å². The molecule has 1 N–H and O–H groups in total. The molecular weight excluding hydrogens is 277 g/mol. The van der Waals surface area contributed by atoms with Gasteiger partial charge in [-0.2, -0.15) is 0 Å². The minimum Gasteiger partial charge on any atom is -0.484 e. The standard InChI is InChI=1S/C15H18FNO4/c1-10-6-11(15(19)20)8-17(7-10)14(18)9-21-13-4-2-12(16)3-5-13/h2-5,10-11H,6-9H2,1H3,(H,19,20). The number of carbonyl (C=O) groups excluding carboxylic acids is 1. The van der Waals surface area contributed by atoms with Crippen molar-refractivity contribution in [2.45, 2.75) is 13.3 Å². The van der Waals surface area contributed by atoms with E-state index in [1.807, 2.05) is 6.92 Å². The van der Waals surface area contributed by atoms with Crippen LogP contribution in [0.3, 0.4) is 0 Å². The fourth-order valence-electron chi connectivity index (χ4n) is 2.50. The summed E-state index contributed by atoms with van der Waals surface area (Å²) in [5.74, 6) is -1.47. The molecule has 0 spiro atoms. The summed E-state index contributed by atoms with van der Waals surface area (Å²) >= 11 is 0. The maximum Gasteiger partial charge on any atom is 0.308 e. The molecule has 0 aliphatic carbocycles. The number of carbonyl (C=O) groups is 2. The Morgan fingerprint density at radius 2 is 2.00 bits per heavy atom. The number of ether oxygens (including phenoxy) is 1. The zero-order valence-electron chi connectivity index (χ0n) is 11.8. The fourth-order valence-corrected chi connectivity index (χ4v) is 2.50. The van der Waals surface area contributed by atoms with E-state index in [0.29, 0.717) is 18.7 Å². The molecule has 6 heteroatoms. The number of aliphatic carboxylic acids is 1. The number of nitrogens with zero attached hydrogens (tertiary/aromatic N) is 1. The van der Waals surface area contributed by atoms with Gasteiger partial charge in [0, 0.05) is 13.1 Å². The zero-order valence-corrected chi connectivity index (χ0v) is 11.8. The summed E-state index contributed by atoms with van der Waals surface area (Å²) in [4.78, 5) is 24.7. The monoisotopic (exact) mass is 295 g/mol. The number of carboxylic acids is 1. The van der Waals surface area contributed by atoms with Crippen LogP contribution in [0.15, 0.2) is 24.3 Å². The van der Waals surface area contributed by atoms with Gasteiger partial charge in [0.2, 0.25) is 0 Å². The average Bonchev–Trinajstić information content (AvgIpc) is 2.45. The summed E-state index contributed by atoms with van der Waals surface area (Å²) < 4.78 is 18.1. The van der Waals surface area contributed by atoms with Crippen molar-refractivity contribution in [2.75, 3.05) is 19.7 Å². The van der Waals surface area contributed by atoms with E-state index >= 15 is 0 Å². The van der Waals surface area contributed by atoms with Gasteiger partial charge < -0.3 is 14.7 Å². The topological polar surface area (TPSA) is 66.8 Å². The van der Waals surface area contributed by atoms with E-state index in [1.54, 1.807) is 0 Å². The van der Waals surface area contributed by atoms with Gasteiger partial charge in [-0.1, -0.05) is 6.92 Å². The number of likely N-dealkylation sites (tertiary alicyclic amines) is 1. The van der Waals surface area contributed by atoms with E-state index in [1.165, 1.54) is 29.2 Å². The van der Waals surface area contributed by atoms with E-state index < -0.39 is 11.9 Å². The second-order valence-electron chi connectivity index (χ2n) is 5.42. The Bertz CT molecular complexity index is 517. The van der Waals surface area contributed by atoms with Crippen LogP contribution in [0, 0.1) is 17.7 Å². The van der Waals surface area contributed by atoms with Crippen LogP contribution >= 0.6 is 0 Å². The number of carboxylic acid groups (broad SMARTS) is 1. The van der Waals surface area contributed by atoms with Crippen molar-refractivity contribution >= 4 is 11.9 Å². The van der Waals surface area contributed by atoms with Crippen molar-refractivity contribution in [3.05, 3.63) is 30.1 Å². The molecule has 0 saturated carbocycles. The SMILES string of the molecule is CC1CC(C(=O)O)CN(C(=O)COc2ccc(F)cc2)C1. The van der Waals surface area contributed by atoms with Gasteiger partial charge in [-0.25, -0.2) is 4.39 Å². The Hall–Kier alpha value is -2.11. The number of hydrogen-bond donors (Lipinski definition) is 1. The molecule has 1 saturated heterocycles. The molecule has 1 aromatic carbocycles.